The molecule has 1 atom stereocenters. The van der Waals surface area contributed by atoms with Gasteiger partial charge >= 0.3 is 0 Å². The van der Waals surface area contributed by atoms with Crippen LogP contribution in [0.4, 0.5) is 14.5 Å². The van der Waals surface area contributed by atoms with Gasteiger partial charge in [0, 0.05) is 54.5 Å². The van der Waals surface area contributed by atoms with E-state index in [2.05, 4.69) is 5.16 Å². The molecule has 2 fully saturated rings. The van der Waals surface area contributed by atoms with Crippen LogP contribution in [0.3, 0.4) is 0 Å². The van der Waals surface area contributed by atoms with Crippen molar-refractivity contribution in [1.29, 1.82) is 0 Å². The minimum Gasteiger partial charge on any atom is -0.361 e. The first kappa shape index (κ1) is 28.9. The number of carbonyl (C=O) groups is 2. The molecule has 0 saturated carbocycles. The van der Waals surface area contributed by atoms with Crippen LogP contribution in [0, 0.1) is 13.8 Å². The molecule has 0 spiro atoms. The molecule has 2 amide bonds. The van der Waals surface area contributed by atoms with Crippen LogP contribution in [0.15, 0.2) is 82.6 Å². The fraction of sp³-hybridized carbons (Fsp3) is 0.314. The third kappa shape index (κ3) is 5.18. The highest BCUT2D eigenvalue weighted by atomic mass is 19.2. The molecule has 2 saturated heterocycles. The molecule has 0 radical (unpaired) electrons. The number of halogens is 2. The fourth-order valence-corrected chi connectivity index (χ4v) is 6.73. The van der Waals surface area contributed by atoms with Crippen LogP contribution in [-0.4, -0.2) is 38.0 Å². The number of imidazole rings is 1. The van der Waals surface area contributed by atoms with Crippen molar-refractivity contribution >= 4 is 28.5 Å². The van der Waals surface area contributed by atoms with Crippen molar-refractivity contribution in [2.24, 2.45) is 0 Å². The van der Waals surface area contributed by atoms with Crippen molar-refractivity contribution in [3.8, 4) is 16.8 Å². The number of hydrogen-bond donors (Lipinski definition) is 0. The Hall–Kier alpha value is -4.86. The average Bonchev–Trinajstić information content (AvgIpc) is 3.53. The highest BCUT2D eigenvalue weighted by Crippen LogP contribution is 2.40. The third-order valence-electron chi connectivity index (χ3n) is 8.89. The highest BCUT2D eigenvalue weighted by Gasteiger charge is 2.36. The van der Waals surface area contributed by atoms with Crippen LogP contribution in [-0.2, 0) is 9.59 Å². The summed E-state index contributed by atoms with van der Waals surface area (Å²) in [6.07, 6.45) is 8.00. The van der Waals surface area contributed by atoms with E-state index in [9.17, 15) is 18.4 Å². The number of likely N-dealkylation sites (tertiary alicyclic amines) is 1. The number of anilines is 1. The van der Waals surface area contributed by atoms with Gasteiger partial charge in [-0.15, -0.1) is 0 Å². The summed E-state index contributed by atoms with van der Waals surface area (Å²) < 4.78 is 36.3. The Morgan fingerprint density at radius 1 is 0.933 bits per heavy atom. The zero-order valence-electron chi connectivity index (χ0n) is 25.2. The monoisotopic (exact) mass is 609 g/mol. The largest absolute Gasteiger partial charge is 0.361 e. The molecule has 3 aliphatic rings. The summed E-state index contributed by atoms with van der Waals surface area (Å²) in [7, 11) is 0. The second-order valence-corrected chi connectivity index (χ2v) is 11.8. The van der Waals surface area contributed by atoms with Crippen LogP contribution in [0.5, 0.6) is 0 Å². The zero-order valence-corrected chi connectivity index (χ0v) is 25.2. The van der Waals surface area contributed by atoms with E-state index in [1.807, 2.05) is 65.8 Å². The van der Waals surface area contributed by atoms with Crippen LogP contribution in [0.25, 0.3) is 27.8 Å². The van der Waals surface area contributed by atoms with Crippen LogP contribution in [0.1, 0.15) is 68.3 Å². The van der Waals surface area contributed by atoms with E-state index in [0.717, 1.165) is 52.6 Å². The van der Waals surface area contributed by atoms with Gasteiger partial charge in [-0.1, -0.05) is 17.3 Å². The Balaban J connectivity index is 1.39. The number of allylic oxidation sites excluding steroid dienone is 5. The summed E-state index contributed by atoms with van der Waals surface area (Å²) in [6, 6.07) is 13.2. The van der Waals surface area contributed by atoms with E-state index < -0.39 is 17.7 Å². The molecule has 1 aliphatic carbocycles. The second-order valence-electron chi connectivity index (χ2n) is 11.8. The van der Waals surface area contributed by atoms with Gasteiger partial charge in [-0.05, 0) is 87.6 Å². The molecule has 230 valence electrons. The van der Waals surface area contributed by atoms with Gasteiger partial charge in [-0.25, -0.2) is 13.8 Å². The van der Waals surface area contributed by atoms with E-state index in [0.29, 0.717) is 55.0 Å². The third-order valence-corrected chi connectivity index (χ3v) is 8.89. The van der Waals surface area contributed by atoms with E-state index in [1.54, 1.807) is 11.0 Å². The highest BCUT2D eigenvalue weighted by molar-refractivity contribution is 5.94. The van der Waals surface area contributed by atoms with Gasteiger partial charge in [-0.3, -0.25) is 14.2 Å². The summed E-state index contributed by atoms with van der Waals surface area (Å²) in [5.41, 5.74) is 6.05. The molecule has 0 bridgehead atoms. The normalized spacial score (nSPS) is 19.5. The van der Waals surface area contributed by atoms with Crippen molar-refractivity contribution in [2.45, 2.75) is 64.8 Å². The van der Waals surface area contributed by atoms with Crippen molar-refractivity contribution in [3.05, 3.63) is 95.3 Å². The maximum absolute atomic E-state index is 14.7. The lowest BCUT2D eigenvalue weighted by Crippen LogP contribution is -2.38. The maximum atomic E-state index is 14.7. The van der Waals surface area contributed by atoms with Crippen molar-refractivity contribution in [1.82, 2.24) is 19.6 Å². The molecule has 2 aromatic carbocycles. The van der Waals surface area contributed by atoms with E-state index in [4.69, 9.17) is 9.51 Å². The summed E-state index contributed by atoms with van der Waals surface area (Å²) in [6.45, 7) is 4.45. The lowest BCUT2D eigenvalue weighted by atomic mass is 9.99. The minimum absolute atomic E-state index is 0.119. The molecule has 10 heteroatoms. The molecule has 0 unspecified atom stereocenters. The Labute approximate surface area is 259 Å². The van der Waals surface area contributed by atoms with Crippen LogP contribution in [0.2, 0.25) is 0 Å². The lowest BCUT2D eigenvalue weighted by Gasteiger charge is -2.36. The Bertz CT molecular complexity index is 1900. The van der Waals surface area contributed by atoms with E-state index in [-0.39, 0.29) is 18.2 Å². The predicted octanol–water partition coefficient (Wildman–Crippen LogP) is 7.86. The quantitative estimate of drug-likeness (QED) is 0.230. The number of fused-ring (bicyclic) bond motifs is 1. The molecule has 2 aromatic heterocycles. The number of rotatable bonds is 5. The standard InChI is InChI=1S/C35H33F2N5O3/c1-21-34(22(2)45-39-21)23-12-17-30-29(19-23)38-35(42(30)25-15-13-24(14-16-25)40-18-4-3-10-32(40)43)31-9-6-11-33(44)41(31)26-7-5-8-27(36)28(37)20-26/h5,7,12-17,19-20,31H,3-4,6,8-11,18H2,1-2H3/t31-/m0/s1. The topological polar surface area (TPSA) is 84.5 Å². The molecular weight excluding hydrogens is 576 g/mol. The van der Waals surface area contributed by atoms with Gasteiger partial charge in [-0.2, -0.15) is 0 Å². The van der Waals surface area contributed by atoms with Crippen LogP contribution < -0.4 is 4.90 Å². The first-order chi connectivity index (χ1) is 21.8. The Morgan fingerprint density at radius 2 is 1.71 bits per heavy atom. The Morgan fingerprint density at radius 3 is 2.47 bits per heavy atom. The molecule has 45 heavy (non-hydrogen) atoms. The molecule has 0 N–H and O–H groups in total. The number of piperidine rings is 2. The lowest BCUT2D eigenvalue weighted by molar-refractivity contribution is -0.134. The number of aromatic nitrogens is 3. The van der Waals surface area contributed by atoms with Crippen molar-refractivity contribution in [3.63, 3.8) is 0 Å². The van der Waals surface area contributed by atoms with Gasteiger partial charge < -0.3 is 14.3 Å². The average molecular weight is 610 g/mol. The van der Waals surface area contributed by atoms with Gasteiger partial charge in [0.25, 0.3) is 0 Å². The van der Waals surface area contributed by atoms with Gasteiger partial charge in [0.15, 0.2) is 5.83 Å². The number of benzene rings is 2. The summed E-state index contributed by atoms with van der Waals surface area (Å²) >= 11 is 0. The number of aryl methyl sites for hydroxylation is 2. The molecule has 2 aliphatic heterocycles. The molecular formula is C35H33F2N5O3. The second kappa shape index (κ2) is 11.6. The van der Waals surface area contributed by atoms with Gasteiger partial charge in [0.1, 0.15) is 17.4 Å². The molecule has 4 aromatic rings. The van der Waals surface area contributed by atoms with Crippen LogP contribution >= 0.6 is 0 Å². The van der Waals surface area contributed by atoms with E-state index >= 15 is 0 Å². The summed E-state index contributed by atoms with van der Waals surface area (Å²) in [5.74, 6) is -0.590. The predicted molar refractivity (Wildman–Crippen MR) is 167 cm³/mol. The van der Waals surface area contributed by atoms with Crippen molar-refractivity contribution < 1.29 is 22.9 Å². The molecule has 4 heterocycles. The fourth-order valence-electron chi connectivity index (χ4n) is 6.73. The van der Waals surface area contributed by atoms with Crippen molar-refractivity contribution in [2.75, 3.05) is 11.4 Å². The molecule has 7 rings (SSSR count). The summed E-state index contributed by atoms with van der Waals surface area (Å²) in [4.78, 5) is 34.6. The number of nitrogens with zero attached hydrogens (tertiary/aromatic N) is 5. The minimum atomic E-state index is -0.979. The number of amides is 2. The first-order valence-corrected chi connectivity index (χ1v) is 15.4. The smallest absolute Gasteiger partial charge is 0.227 e. The maximum Gasteiger partial charge on any atom is 0.227 e. The molecule has 8 nitrogen and oxygen atoms in total. The Kier molecular flexibility index (Phi) is 7.43. The summed E-state index contributed by atoms with van der Waals surface area (Å²) in [5, 5.41) is 4.11. The first-order valence-electron chi connectivity index (χ1n) is 15.4. The van der Waals surface area contributed by atoms with Gasteiger partial charge in [0.05, 0.1) is 22.8 Å². The zero-order chi connectivity index (χ0) is 31.2. The SMILES string of the molecule is Cc1noc(C)c1-c1ccc2c(c1)nc([C@@H]1CCCC(=O)N1C1=CC(F)=C(F)CC=C1)n2-c1ccc(N2CCCCC2=O)cc1. The van der Waals surface area contributed by atoms with Gasteiger partial charge in [0.2, 0.25) is 11.8 Å². The number of hydrogen-bond acceptors (Lipinski definition) is 5. The van der Waals surface area contributed by atoms with E-state index in [1.165, 1.54) is 6.08 Å². The number of carbonyl (C=O) groups excluding carboxylic acids is 2.